The fourth-order valence-corrected chi connectivity index (χ4v) is 2.26. The number of benzene rings is 1. The van der Waals surface area contributed by atoms with E-state index in [0.717, 1.165) is 11.3 Å². The third-order valence-electron chi connectivity index (χ3n) is 3.27. The zero-order valence-corrected chi connectivity index (χ0v) is 11.6. The van der Waals surface area contributed by atoms with Crippen LogP contribution in [0, 0.1) is 0 Å². The molecule has 114 valence electrons. The van der Waals surface area contributed by atoms with Gasteiger partial charge in [-0.3, -0.25) is 9.59 Å². The normalized spacial score (nSPS) is 15.9. The number of amides is 1. The van der Waals surface area contributed by atoms with Crippen LogP contribution in [-0.2, 0) is 29.1 Å². The molecule has 2 N–H and O–H groups in total. The second-order valence-corrected chi connectivity index (χ2v) is 4.94. The van der Waals surface area contributed by atoms with E-state index in [2.05, 4.69) is 15.6 Å². The van der Waals surface area contributed by atoms with Crippen LogP contribution in [0.2, 0.25) is 0 Å². The minimum Gasteiger partial charge on any atom is -0.480 e. The molecule has 1 aliphatic heterocycles. The van der Waals surface area contributed by atoms with E-state index in [9.17, 15) is 9.59 Å². The maximum atomic E-state index is 12.1. The van der Waals surface area contributed by atoms with Gasteiger partial charge in [0.25, 0.3) is 5.91 Å². The number of carboxylic acid groups (broad SMARTS) is 1. The molecule has 1 aliphatic rings. The lowest BCUT2D eigenvalue weighted by molar-refractivity contribution is -0.138. The third kappa shape index (κ3) is 3.05. The van der Waals surface area contributed by atoms with Gasteiger partial charge in [-0.15, -0.1) is 5.10 Å². The van der Waals surface area contributed by atoms with Crippen LogP contribution in [0.3, 0.4) is 0 Å². The van der Waals surface area contributed by atoms with Crippen LogP contribution < -0.4 is 10.1 Å². The molecule has 22 heavy (non-hydrogen) atoms. The Morgan fingerprint density at radius 1 is 1.41 bits per heavy atom. The Labute approximate surface area is 125 Å². The standard InChI is InChI=1S/C14H14N4O4/c19-13(20)8-18-7-10(16-17-18)6-15-14(21)12-5-9-3-1-2-4-11(9)22-12/h1-4,7,12H,5-6,8H2,(H,15,21)(H,19,20). The second kappa shape index (κ2) is 5.84. The monoisotopic (exact) mass is 302 g/mol. The van der Waals surface area contributed by atoms with Gasteiger partial charge < -0.3 is 15.2 Å². The van der Waals surface area contributed by atoms with Crippen molar-refractivity contribution in [2.75, 3.05) is 0 Å². The highest BCUT2D eigenvalue weighted by Crippen LogP contribution is 2.28. The number of fused-ring (bicyclic) bond motifs is 1. The highest BCUT2D eigenvalue weighted by molar-refractivity contribution is 5.82. The molecule has 2 aromatic rings. The highest BCUT2D eigenvalue weighted by Gasteiger charge is 2.28. The summed E-state index contributed by atoms with van der Waals surface area (Å²) in [4.78, 5) is 22.6. The molecule has 8 nitrogen and oxygen atoms in total. The van der Waals surface area contributed by atoms with Crippen molar-refractivity contribution in [3.05, 3.63) is 41.7 Å². The van der Waals surface area contributed by atoms with E-state index in [1.165, 1.54) is 10.9 Å². The van der Waals surface area contributed by atoms with Gasteiger partial charge in [0, 0.05) is 6.42 Å². The fourth-order valence-electron chi connectivity index (χ4n) is 2.26. The predicted octanol–water partition coefficient (Wildman–Crippen LogP) is -0.0174. The summed E-state index contributed by atoms with van der Waals surface area (Å²) < 4.78 is 6.78. The van der Waals surface area contributed by atoms with E-state index < -0.39 is 12.1 Å². The predicted molar refractivity (Wildman–Crippen MR) is 74.1 cm³/mol. The van der Waals surface area contributed by atoms with Gasteiger partial charge in [0.2, 0.25) is 0 Å². The molecule has 2 heterocycles. The second-order valence-electron chi connectivity index (χ2n) is 4.94. The summed E-state index contributed by atoms with van der Waals surface area (Å²) in [5.41, 5.74) is 1.50. The van der Waals surface area contributed by atoms with Crippen LogP contribution in [0.1, 0.15) is 11.3 Å². The van der Waals surface area contributed by atoms with Crippen molar-refractivity contribution in [1.29, 1.82) is 0 Å². The first-order valence-electron chi connectivity index (χ1n) is 6.75. The first-order valence-corrected chi connectivity index (χ1v) is 6.75. The molecule has 0 aliphatic carbocycles. The Morgan fingerprint density at radius 3 is 3.00 bits per heavy atom. The van der Waals surface area contributed by atoms with E-state index >= 15 is 0 Å². The van der Waals surface area contributed by atoms with Gasteiger partial charge in [0.15, 0.2) is 6.10 Å². The van der Waals surface area contributed by atoms with Crippen molar-refractivity contribution in [2.24, 2.45) is 0 Å². The van der Waals surface area contributed by atoms with Gasteiger partial charge in [0.05, 0.1) is 12.7 Å². The van der Waals surface area contributed by atoms with Crippen molar-refractivity contribution < 1.29 is 19.4 Å². The summed E-state index contributed by atoms with van der Waals surface area (Å²) in [6.45, 7) is -0.0867. The zero-order valence-electron chi connectivity index (χ0n) is 11.6. The number of carbonyl (C=O) groups excluding carboxylic acids is 1. The molecule has 0 saturated heterocycles. The number of para-hydroxylation sites is 1. The van der Waals surface area contributed by atoms with Gasteiger partial charge >= 0.3 is 5.97 Å². The Kier molecular flexibility index (Phi) is 3.73. The van der Waals surface area contributed by atoms with Crippen LogP contribution in [0.25, 0.3) is 0 Å². The third-order valence-corrected chi connectivity index (χ3v) is 3.27. The van der Waals surface area contributed by atoms with E-state index in [1.54, 1.807) is 0 Å². The molecule has 1 aromatic heterocycles. The van der Waals surface area contributed by atoms with E-state index in [0.29, 0.717) is 12.1 Å². The Morgan fingerprint density at radius 2 is 2.23 bits per heavy atom. The van der Waals surface area contributed by atoms with Crippen molar-refractivity contribution in [3.63, 3.8) is 0 Å². The number of aliphatic carboxylic acids is 1. The summed E-state index contributed by atoms with van der Waals surface area (Å²) in [6, 6.07) is 7.53. The van der Waals surface area contributed by atoms with E-state index in [4.69, 9.17) is 9.84 Å². The summed E-state index contributed by atoms with van der Waals surface area (Å²) in [5, 5.41) is 18.8. The number of nitrogens with one attached hydrogen (secondary N) is 1. The zero-order chi connectivity index (χ0) is 15.5. The lowest BCUT2D eigenvalue weighted by Crippen LogP contribution is -2.37. The van der Waals surface area contributed by atoms with Crippen molar-refractivity contribution in [2.45, 2.75) is 25.6 Å². The Balaban J connectivity index is 1.53. The maximum absolute atomic E-state index is 12.1. The first kappa shape index (κ1) is 14.1. The molecule has 1 aromatic carbocycles. The van der Waals surface area contributed by atoms with Gasteiger partial charge in [0.1, 0.15) is 18.0 Å². The summed E-state index contributed by atoms with van der Waals surface area (Å²) in [6.07, 6.45) is 1.47. The molecule has 1 atom stereocenters. The minimum atomic E-state index is -1.00. The average molecular weight is 302 g/mol. The van der Waals surface area contributed by atoms with Crippen LogP contribution in [0.5, 0.6) is 5.75 Å². The number of ether oxygens (including phenoxy) is 1. The molecule has 8 heteroatoms. The SMILES string of the molecule is O=C(O)Cn1cc(CNC(=O)C2Cc3ccccc3O2)nn1. The summed E-state index contributed by atoms with van der Waals surface area (Å²) in [7, 11) is 0. The topological polar surface area (TPSA) is 106 Å². The quantitative estimate of drug-likeness (QED) is 0.804. The Bertz CT molecular complexity index is 687. The summed E-state index contributed by atoms with van der Waals surface area (Å²) >= 11 is 0. The molecule has 0 radical (unpaired) electrons. The Hall–Kier alpha value is -2.90. The fraction of sp³-hybridized carbons (Fsp3) is 0.286. The van der Waals surface area contributed by atoms with Crippen molar-refractivity contribution in [3.8, 4) is 5.75 Å². The number of carbonyl (C=O) groups is 2. The van der Waals surface area contributed by atoms with Gasteiger partial charge in [-0.1, -0.05) is 23.4 Å². The molecule has 0 spiro atoms. The number of hydrogen-bond donors (Lipinski definition) is 2. The lowest BCUT2D eigenvalue weighted by Gasteiger charge is -2.10. The van der Waals surface area contributed by atoms with Crippen molar-refractivity contribution >= 4 is 11.9 Å². The van der Waals surface area contributed by atoms with Gasteiger partial charge in [-0.2, -0.15) is 0 Å². The van der Waals surface area contributed by atoms with E-state index in [1.807, 2.05) is 24.3 Å². The van der Waals surface area contributed by atoms with Crippen molar-refractivity contribution in [1.82, 2.24) is 20.3 Å². The van der Waals surface area contributed by atoms with Crippen LogP contribution in [0.4, 0.5) is 0 Å². The molecule has 0 saturated carbocycles. The van der Waals surface area contributed by atoms with E-state index in [-0.39, 0.29) is 19.0 Å². The van der Waals surface area contributed by atoms with Crippen LogP contribution in [-0.4, -0.2) is 38.1 Å². The maximum Gasteiger partial charge on any atom is 0.325 e. The number of hydrogen-bond acceptors (Lipinski definition) is 5. The minimum absolute atomic E-state index is 0.175. The number of aromatic nitrogens is 3. The number of carboxylic acids is 1. The summed E-state index contributed by atoms with van der Waals surface area (Å²) in [5.74, 6) is -0.503. The smallest absolute Gasteiger partial charge is 0.325 e. The molecule has 0 fully saturated rings. The largest absolute Gasteiger partial charge is 0.480 e. The van der Waals surface area contributed by atoms with Crippen LogP contribution in [0.15, 0.2) is 30.5 Å². The molecular weight excluding hydrogens is 288 g/mol. The van der Waals surface area contributed by atoms with Crippen LogP contribution >= 0.6 is 0 Å². The molecular formula is C14H14N4O4. The first-order chi connectivity index (χ1) is 10.6. The van der Waals surface area contributed by atoms with Gasteiger partial charge in [-0.05, 0) is 11.6 Å². The molecule has 3 rings (SSSR count). The van der Waals surface area contributed by atoms with Gasteiger partial charge in [-0.25, -0.2) is 4.68 Å². The average Bonchev–Trinajstić information content (AvgIpc) is 3.10. The lowest BCUT2D eigenvalue weighted by atomic mass is 10.1. The molecule has 1 amide bonds. The molecule has 0 bridgehead atoms. The highest BCUT2D eigenvalue weighted by atomic mass is 16.5. The molecule has 1 unspecified atom stereocenters. The number of rotatable bonds is 5. The number of nitrogens with zero attached hydrogens (tertiary/aromatic N) is 3.